The van der Waals surface area contributed by atoms with Crippen molar-refractivity contribution in [2.24, 2.45) is 0 Å². The van der Waals surface area contributed by atoms with Crippen LogP contribution in [-0.4, -0.2) is 24.1 Å². The van der Waals surface area contributed by atoms with Gasteiger partial charge in [0.25, 0.3) is 0 Å². The molecule has 1 heterocycles. The normalized spacial score (nSPS) is 12.2. The van der Waals surface area contributed by atoms with Gasteiger partial charge in [0, 0.05) is 12.4 Å². The third-order valence-corrected chi connectivity index (χ3v) is 3.02. The van der Waals surface area contributed by atoms with E-state index in [1.54, 1.807) is 19.5 Å². The Labute approximate surface area is 113 Å². The molecule has 0 radical (unpaired) electrons. The maximum atomic E-state index is 5.30. The summed E-state index contributed by atoms with van der Waals surface area (Å²) in [7, 11) is 3.53. The van der Waals surface area contributed by atoms with E-state index in [1.807, 2.05) is 7.05 Å². The number of rotatable bonds is 4. The van der Waals surface area contributed by atoms with Gasteiger partial charge >= 0.3 is 0 Å². The second kappa shape index (κ2) is 5.80. The van der Waals surface area contributed by atoms with E-state index in [4.69, 9.17) is 4.74 Å². The monoisotopic (exact) mass is 257 g/mol. The van der Waals surface area contributed by atoms with Crippen molar-refractivity contribution < 1.29 is 4.74 Å². The van der Waals surface area contributed by atoms with E-state index in [2.05, 4.69) is 47.3 Å². The molecular formula is C15H19N3O. The molecule has 1 aromatic carbocycles. The summed E-state index contributed by atoms with van der Waals surface area (Å²) < 4.78 is 5.30. The van der Waals surface area contributed by atoms with Gasteiger partial charge in [-0.3, -0.25) is 4.98 Å². The van der Waals surface area contributed by atoms with Crippen LogP contribution in [-0.2, 0) is 0 Å². The number of benzene rings is 1. The van der Waals surface area contributed by atoms with Gasteiger partial charge in [0.15, 0.2) is 0 Å². The Hall–Kier alpha value is -1.94. The van der Waals surface area contributed by atoms with Crippen LogP contribution in [0, 0.1) is 13.8 Å². The first-order valence-electron chi connectivity index (χ1n) is 6.26. The van der Waals surface area contributed by atoms with Crippen LogP contribution in [0.3, 0.4) is 0 Å². The van der Waals surface area contributed by atoms with E-state index in [1.165, 1.54) is 16.7 Å². The summed E-state index contributed by atoms with van der Waals surface area (Å²) in [5.41, 5.74) is 4.44. The lowest BCUT2D eigenvalue weighted by molar-refractivity contribution is 0.384. The van der Waals surface area contributed by atoms with E-state index < -0.39 is 0 Å². The largest absolute Gasteiger partial charge is 0.480 e. The molecule has 0 saturated heterocycles. The van der Waals surface area contributed by atoms with Crippen LogP contribution in [0.15, 0.2) is 30.6 Å². The van der Waals surface area contributed by atoms with E-state index >= 15 is 0 Å². The van der Waals surface area contributed by atoms with Gasteiger partial charge in [-0.1, -0.05) is 29.3 Å². The molecule has 1 atom stereocenters. The fourth-order valence-corrected chi connectivity index (χ4v) is 2.33. The lowest BCUT2D eigenvalue weighted by Crippen LogP contribution is -2.20. The number of aryl methyl sites for hydroxylation is 2. The lowest BCUT2D eigenvalue weighted by Gasteiger charge is -2.18. The van der Waals surface area contributed by atoms with E-state index in [-0.39, 0.29) is 6.04 Å². The molecular weight excluding hydrogens is 238 g/mol. The molecule has 19 heavy (non-hydrogen) atoms. The minimum absolute atomic E-state index is 0.0257. The molecule has 100 valence electrons. The number of hydrogen-bond donors (Lipinski definition) is 1. The fourth-order valence-electron chi connectivity index (χ4n) is 2.33. The minimum Gasteiger partial charge on any atom is -0.480 e. The Morgan fingerprint density at radius 2 is 1.68 bits per heavy atom. The highest BCUT2D eigenvalue weighted by Gasteiger charge is 2.19. The number of nitrogens with one attached hydrogen (secondary N) is 1. The lowest BCUT2D eigenvalue weighted by atomic mass is 9.99. The Morgan fingerprint density at radius 3 is 2.26 bits per heavy atom. The van der Waals surface area contributed by atoms with Gasteiger partial charge in [0.05, 0.1) is 13.2 Å². The maximum Gasteiger partial charge on any atom is 0.237 e. The van der Waals surface area contributed by atoms with Crippen LogP contribution in [0.25, 0.3) is 0 Å². The molecule has 1 aromatic heterocycles. The van der Waals surface area contributed by atoms with E-state index in [0.29, 0.717) is 5.88 Å². The molecule has 0 aliphatic rings. The predicted molar refractivity (Wildman–Crippen MR) is 75.4 cm³/mol. The average Bonchev–Trinajstić information content (AvgIpc) is 2.39. The Bertz CT molecular complexity index is 549. The van der Waals surface area contributed by atoms with Crippen molar-refractivity contribution >= 4 is 0 Å². The van der Waals surface area contributed by atoms with Crippen molar-refractivity contribution in [1.82, 2.24) is 15.3 Å². The molecule has 0 aliphatic carbocycles. The van der Waals surface area contributed by atoms with Gasteiger partial charge in [-0.05, 0) is 26.5 Å². The Balaban J connectivity index is 2.49. The van der Waals surface area contributed by atoms with Crippen LogP contribution in [0.2, 0.25) is 0 Å². The van der Waals surface area contributed by atoms with Crippen molar-refractivity contribution in [3.05, 3.63) is 53.0 Å². The molecule has 0 saturated carbocycles. The topological polar surface area (TPSA) is 47.0 Å². The van der Waals surface area contributed by atoms with Gasteiger partial charge in [-0.15, -0.1) is 0 Å². The van der Waals surface area contributed by atoms with Crippen molar-refractivity contribution in [2.45, 2.75) is 19.9 Å². The van der Waals surface area contributed by atoms with Crippen LogP contribution >= 0.6 is 0 Å². The zero-order valence-electron chi connectivity index (χ0n) is 11.8. The second-order valence-electron chi connectivity index (χ2n) is 4.59. The molecule has 4 heteroatoms. The summed E-state index contributed by atoms with van der Waals surface area (Å²) in [6.07, 6.45) is 3.32. The fraction of sp³-hybridized carbons (Fsp3) is 0.333. The molecule has 4 nitrogen and oxygen atoms in total. The number of methoxy groups -OCH3 is 1. The predicted octanol–water partition coefficient (Wildman–Crippen LogP) is 2.41. The first-order chi connectivity index (χ1) is 9.15. The van der Waals surface area contributed by atoms with Gasteiger partial charge in [0.2, 0.25) is 5.88 Å². The third kappa shape index (κ3) is 2.90. The number of hydrogen-bond acceptors (Lipinski definition) is 4. The summed E-state index contributed by atoms with van der Waals surface area (Å²) in [5, 5.41) is 3.28. The summed E-state index contributed by atoms with van der Waals surface area (Å²) in [6, 6.07) is 6.44. The van der Waals surface area contributed by atoms with Gasteiger partial charge in [-0.25, -0.2) is 4.98 Å². The first-order valence-corrected chi connectivity index (χ1v) is 6.26. The van der Waals surface area contributed by atoms with E-state index in [9.17, 15) is 0 Å². The van der Waals surface area contributed by atoms with Crippen molar-refractivity contribution in [1.29, 1.82) is 0 Å². The molecule has 0 amide bonds. The van der Waals surface area contributed by atoms with Gasteiger partial charge in [0.1, 0.15) is 5.69 Å². The molecule has 2 rings (SSSR count). The van der Waals surface area contributed by atoms with Crippen LogP contribution in [0.5, 0.6) is 5.88 Å². The van der Waals surface area contributed by atoms with Crippen LogP contribution < -0.4 is 10.1 Å². The van der Waals surface area contributed by atoms with E-state index in [0.717, 1.165) is 5.69 Å². The highest BCUT2D eigenvalue weighted by molar-refractivity contribution is 5.37. The highest BCUT2D eigenvalue weighted by atomic mass is 16.5. The number of nitrogens with zero attached hydrogens (tertiary/aromatic N) is 2. The molecule has 0 bridgehead atoms. The molecule has 1 unspecified atom stereocenters. The van der Waals surface area contributed by atoms with Gasteiger partial charge in [-0.2, -0.15) is 0 Å². The molecule has 0 fully saturated rings. The first kappa shape index (κ1) is 13.5. The molecule has 0 spiro atoms. The smallest absolute Gasteiger partial charge is 0.237 e. The summed E-state index contributed by atoms with van der Waals surface area (Å²) in [5.74, 6) is 0.556. The standard InChI is InChI=1S/C15H19N3O/c1-10-7-11(2)9-12(8-10)13(16-3)14-15(19-4)18-6-5-17-14/h5-9,13,16H,1-4H3. The molecule has 0 aliphatic heterocycles. The highest BCUT2D eigenvalue weighted by Crippen LogP contribution is 2.27. The Kier molecular flexibility index (Phi) is 4.12. The number of ether oxygens (including phenoxy) is 1. The van der Waals surface area contributed by atoms with Crippen LogP contribution in [0.1, 0.15) is 28.4 Å². The molecule has 1 N–H and O–H groups in total. The number of aromatic nitrogens is 2. The third-order valence-electron chi connectivity index (χ3n) is 3.02. The SMILES string of the molecule is CNC(c1cc(C)cc(C)c1)c1nccnc1OC. The van der Waals surface area contributed by atoms with Crippen molar-refractivity contribution in [2.75, 3.05) is 14.2 Å². The van der Waals surface area contributed by atoms with Gasteiger partial charge < -0.3 is 10.1 Å². The van der Waals surface area contributed by atoms with Crippen molar-refractivity contribution in [3.63, 3.8) is 0 Å². The van der Waals surface area contributed by atoms with Crippen molar-refractivity contribution in [3.8, 4) is 5.88 Å². The average molecular weight is 257 g/mol. The Morgan fingerprint density at radius 1 is 1.05 bits per heavy atom. The minimum atomic E-state index is -0.0257. The zero-order chi connectivity index (χ0) is 13.8. The zero-order valence-corrected chi connectivity index (χ0v) is 11.8. The summed E-state index contributed by atoms with van der Waals surface area (Å²) in [6.45, 7) is 4.19. The summed E-state index contributed by atoms with van der Waals surface area (Å²) >= 11 is 0. The second-order valence-corrected chi connectivity index (χ2v) is 4.59. The quantitative estimate of drug-likeness (QED) is 0.913. The summed E-state index contributed by atoms with van der Waals surface area (Å²) in [4.78, 5) is 8.62. The molecule has 2 aromatic rings. The van der Waals surface area contributed by atoms with Crippen LogP contribution in [0.4, 0.5) is 0 Å². The maximum absolute atomic E-state index is 5.30.